The highest BCUT2D eigenvalue weighted by molar-refractivity contribution is 5.71. The highest BCUT2D eigenvalue weighted by Gasteiger charge is 2.16. The maximum atomic E-state index is 10.7. The minimum absolute atomic E-state index is 0.0166. The first-order valence-electron chi connectivity index (χ1n) is 4.40. The van der Waals surface area contributed by atoms with Gasteiger partial charge in [0.25, 0.3) is 0 Å². The third-order valence-corrected chi connectivity index (χ3v) is 1.89. The molecule has 0 aliphatic carbocycles. The minimum Gasteiger partial charge on any atom is -0.468 e. The number of carbonyl (C=O) groups is 1. The third-order valence-electron chi connectivity index (χ3n) is 1.89. The second-order valence-electron chi connectivity index (χ2n) is 3.82. The van der Waals surface area contributed by atoms with Crippen LogP contribution in [0.3, 0.4) is 0 Å². The topological polar surface area (TPSA) is 58.6 Å². The zero-order chi connectivity index (χ0) is 10.3. The second-order valence-corrected chi connectivity index (χ2v) is 3.82. The minimum atomic E-state index is -0.264. The molecule has 0 unspecified atom stereocenters. The van der Waals surface area contributed by atoms with Gasteiger partial charge in [0, 0.05) is 13.2 Å². The summed E-state index contributed by atoms with van der Waals surface area (Å²) in [5.41, 5.74) is 0.0166. The van der Waals surface area contributed by atoms with Crippen molar-refractivity contribution >= 4 is 5.97 Å². The number of aliphatic hydroxyl groups is 1. The Balaban J connectivity index is 3.56. The van der Waals surface area contributed by atoms with Crippen molar-refractivity contribution < 1.29 is 14.6 Å². The summed E-state index contributed by atoms with van der Waals surface area (Å²) in [6.45, 7) is 5.17. The summed E-state index contributed by atoms with van der Waals surface area (Å²) < 4.78 is 4.47. The molecule has 0 amide bonds. The molecule has 0 aromatic rings. The van der Waals surface area contributed by atoms with Crippen molar-refractivity contribution in [1.82, 2.24) is 5.32 Å². The SMILES string of the molecule is COC(=O)CNCC(C)(C)CCO. The molecule has 0 rings (SSSR count). The van der Waals surface area contributed by atoms with Gasteiger partial charge in [-0.15, -0.1) is 0 Å². The molecule has 0 spiro atoms. The summed E-state index contributed by atoms with van der Waals surface area (Å²) in [5, 5.41) is 11.7. The molecule has 4 heteroatoms. The van der Waals surface area contributed by atoms with E-state index < -0.39 is 0 Å². The van der Waals surface area contributed by atoms with Gasteiger partial charge in [-0.2, -0.15) is 0 Å². The Morgan fingerprint density at radius 2 is 2.15 bits per heavy atom. The lowest BCUT2D eigenvalue weighted by Crippen LogP contribution is -2.34. The fraction of sp³-hybridized carbons (Fsp3) is 0.889. The molecule has 0 fully saturated rings. The lowest BCUT2D eigenvalue weighted by molar-refractivity contribution is -0.139. The number of nitrogens with one attached hydrogen (secondary N) is 1. The fourth-order valence-corrected chi connectivity index (χ4v) is 0.966. The van der Waals surface area contributed by atoms with Gasteiger partial charge in [-0.3, -0.25) is 4.79 Å². The second kappa shape index (κ2) is 5.94. The highest BCUT2D eigenvalue weighted by Crippen LogP contribution is 2.17. The van der Waals surface area contributed by atoms with Gasteiger partial charge in [-0.05, 0) is 11.8 Å². The molecule has 0 aromatic carbocycles. The average molecular weight is 189 g/mol. The van der Waals surface area contributed by atoms with Crippen LogP contribution in [-0.4, -0.2) is 37.9 Å². The van der Waals surface area contributed by atoms with Gasteiger partial charge in [-0.1, -0.05) is 13.8 Å². The molecule has 0 saturated carbocycles. The summed E-state index contributed by atoms with van der Waals surface area (Å²) >= 11 is 0. The Morgan fingerprint density at radius 3 is 2.62 bits per heavy atom. The monoisotopic (exact) mass is 189 g/mol. The first kappa shape index (κ1) is 12.4. The van der Waals surface area contributed by atoms with E-state index >= 15 is 0 Å². The molecule has 0 aromatic heterocycles. The Kier molecular flexibility index (Phi) is 5.66. The van der Waals surface area contributed by atoms with Crippen molar-refractivity contribution in [3.8, 4) is 0 Å². The highest BCUT2D eigenvalue weighted by atomic mass is 16.5. The number of ether oxygens (including phenoxy) is 1. The first-order valence-corrected chi connectivity index (χ1v) is 4.40. The molecule has 0 heterocycles. The van der Waals surface area contributed by atoms with Crippen molar-refractivity contribution in [2.45, 2.75) is 20.3 Å². The van der Waals surface area contributed by atoms with E-state index in [1.807, 2.05) is 13.8 Å². The van der Waals surface area contributed by atoms with E-state index in [1.54, 1.807) is 0 Å². The van der Waals surface area contributed by atoms with Gasteiger partial charge in [0.05, 0.1) is 13.7 Å². The number of hydrogen-bond acceptors (Lipinski definition) is 4. The van der Waals surface area contributed by atoms with Gasteiger partial charge in [0.1, 0.15) is 0 Å². The molecule has 0 saturated heterocycles. The zero-order valence-corrected chi connectivity index (χ0v) is 8.59. The van der Waals surface area contributed by atoms with Gasteiger partial charge in [0.2, 0.25) is 0 Å². The summed E-state index contributed by atoms with van der Waals surface area (Å²) in [5.74, 6) is -0.264. The molecule has 13 heavy (non-hydrogen) atoms. The first-order chi connectivity index (χ1) is 6.02. The standard InChI is InChI=1S/C9H19NO3/c1-9(2,4-5-11)7-10-6-8(12)13-3/h10-11H,4-7H2,1-3H3. The Labute approximate surface area is 79.3 Å². The number of rotatable bonds is 6. The molecule has 0 aliphatic rings. The summed E-state index contributed by atoms with van der Waals surface area (Å²) in [4.78, 5) is 10.7. The van der Waals surface area contributed by atoms with Crippen molar-refractivity contribution in [2.24, 2.45) is 5.41 Å². The van der Waals surface area contributed by atoms with Crippen LogP contribution in [0.25, 0.3) is 0 Å². The number of methoxy groups -OCH3 is 1. The van der Waals surface area contributed by atoms with Crippen molar-refractivity contribution in [3.05, 3.63) is 0 Å². The molecule has 0 aliphatic heterocycles. The van der Waals surface area contributed by atoms with E-state index in [0.29, 0.717) is 6.54 Å². The molecule has 0 atom stereocenters. The van der Waals surface area contributed by atoms with E-state index in [9.17, 15) is 4.79 Å². The summed E-state index contributed by atoms with van der Waals surface area (Å²) in [6, 6.07) is 0. The van der Waals surface area contributed by atoms with Gasteiger partial charge in [0.15, 0.2) is 0 Å². The zero-order valence-electron chi connectivity index (χ0n) is 8.59. The molecule has 4 nitrogen and oxygen atoms in total. The predicted octanol–water partition coefficient (Wildman–Crippen LogP) is 0.158. The van der Waals surface area contributed by atoms with Crippen LogP contribution in [0.4, 0.5) is 0 Å². The molecule has 0 bridgehead atoms. The number of hydrogen-bond donors (Lipinski definition) is 2. The largest absolute Gasteiger partial charge is 0.468 e. The smallest absolute Gasteiger partial charge is 0.319 e. The summed E-state index contributed by atoms with van der Waals surface area (Å²) in [7, 11) is 1.36. The van der Waals surface area contributed by atoms with Crippen LogP contribution < -0.4 is 5.32 Å². The number of aliphatic hydroxyl groups excluding tert-OH is 1. The van der Waals surface area contributed by atoms with E-state index in [2.05, 4.69) is 10.1 Å². The number of esters is 1. The maximum absolute atomic E-state index is 10.7. The fourth-order valence-electron chi connectivity index (χ4n) is 0.966. The third kappa shape index (κ3) is 6.54. The van der Waals surface area contributed by atoms with Crippen LogP contribution in [0, 0.1) is 5.41 Å². The molecule has 2 N–H and O–H groups in total. The Hall–Kier alpha value is -0.610. The maximum Gasteiger partial charge on any atom is 0.319 e. The summed E-state index contributed by atoms with van der Waals surface area (Å²) in [6.07, 6.45) is 0.723. The van der Waals surface area contributed by atoms with Crippen LogP contribution in [0.15, 0.2) is 0 Å². The molecular weight excluding hydrogens is 170 g/mol. The Morgan fingerprint density at radius 1 is 1.54 bits per heavy atom. The van der Waals surface area contributed by atoms with Crippen LogP contribution >= 0.6 is 0 Å². The van der Waals surface area contributed by atoms with E-state index in [1.165, 1.54) is 7.11 Å². The van der Waals surface area contributed by atoms with Crippen molar-refractivity contribution in [3.63, 3.8) is 0 Å². The van der Waals surface area contributed by atoms with E-state index in [-0.39, 0.29) is 24.5 Å². The molecular formula is C9H19NO3. The number of carbonyl (C=O) groups excluding carboxylic acids is 1. The van der Waals surface area contributed by atoms with E-state index in [0.717, 1.165) is 6.42 Å². The van der Waals surface area contributed by atoms with Gasteiger partial charge >= 0.3 is 5.97 Å². The quantitative estimate of drug-likeness (QED) is 0.584. The predicted molar refractivity (Wildman–Crippen MR) is 50.4 cm³/mol. The van der Waals surface area contributed by atoms with Crippen LogP contribution in [-0.2, 0) is 9.53 Å². The average Bonchev–Trinajstić information content (AvgIpc) is 2.03. The van der Waals surface area contributed by atoms with Crippen molar-refractivity contribution in [1.29, 1.82) is 0 Å². The van der Waals surface area contributed by atoms with Crippen LogP contribution in [0.2, 0.25) is 0 Å². The Bertz CT molecular complexity index is 157. The van der Waals surface area contributed by atoms with Crippen molar-refractivity contribution in [2.75, 3.05) is 26.8 Å². The van der Waals surface area contributed by atoms with Crippen LogP contribution in [0.1, 0.15) is 20.3 Å². The molecule has 0 radical (unpaired) electrons. The lowest BCUT2D eigenvalue weighted by Gasteiger charge is -2.23. The van der Waals surface area contributed by atoms with Gasteiger partial charge in [-0.25, -0.2) is 0 Å². The lowest BCUT2D eigenvalue weighted by atomic mass is 9.90. The van der Waals surface area contributed by atoms with E-state index in [4.69, 9.17) is 5.11 Å². The van der Waals surface area contributed by atoms with Gasteiger partial charge < -0.3 is 15.2 Å². The normalized spacial score (nSPS) is 11.4. The molecule has 78 valence electrons. The van der Waals surface area contributed by atoms with Crippen LogP contribution in [0.5, 0.6) is 0 Å².